The molecule has 0 saturated carbocycles. The number of anilines is 1. The van der Waals surface area contributed by atoms with Crippen molar-refractivity contribution in [1.82, 2.24) is 0 Å². The van der Waals surface area contributed by atoms with Crippen LogP contribution in [0.2, 0.25) is 0 Å². The second-order valence-electron chi connectivity index (χ2n) is 4.70. The van der Waals surface area contributed by atoms with E-state index in [0.717, 1.165) is 11.4 Å². The molecule has 0 radical (unpaired) electrons. The number of aliphatic imine (C=N–C) groups is 1. The largest absolute Gasteiger partial charge is 0.497 e. The van der Waals surface area contributed by atoms with Crippen LogP contribution in [0.4, 0.5) is 5.69 Å². The van der Waals surface area contributed by atoms with Crippen molar-refractivity contribution in [3.8, 4) is 5.75 Å². The number of benzene rings is 2. The molecule has 0 fully saturated rings. The number of guanidine groups is 1. The molecule has 1 heterocycles. The molecule has 2 N–H and O–H groups in total. The molecule has 4 heteroatoms. The van der Waals surface area contributed by atoms with Crippen LogP contribution in [0, 0.1) is 0 Å². The van der Waals surface area contributed by atoms with Gasteiger partial charge in [-0.1, -0.05) is 36.4 Å². The molecule has 2 aromatic carbocycles. The first-order valence-corrected chi connectivity index (χ1v) is 6.58. The Hall–Kier alpha value is -2.49. The highest BCUT2D eigenvalue weighted by Crippen LogP contribution is 2.32. The maximum atomic E-state index is 6.07. The number of methoxy groups -OCH3 is 1. The molecule has 0 aromatic heterocycles. The molecule has 0 amide bonds. The van der Waals surface area contributed by atoms with Crippen LogP contribution in [0.1, 0.15) is 11.6 Å². The summed E-state index contributed by atoms with van der Waals surface area (Å²) in [6, 6.07) is 18.3. The molecule has 3 rings (SSSR count). The highest BCUT2D eigenvalue weighted by molar-refractivity contribution is 5.97. The quantitative estimate of drug-likeness (QED) is 0.930. The first-order valence-electron chi connectivity index (χ1n) is 6.58. The van der Waals surface area contributed by atoms with Crippen molar-refractivity contribution in [2.45, 2.75) is 6.04 Å². The summed E-state index contributed by atoms with van der Waals surface area (Å²) < 4.78 is 5.28. The molecule has 102 valence electrons. The second-order valence-corrected chi connectivity index (χ2v) is 4.70. The van der Waals surface area contributed by atoms with Crippen LogP contribution < -0.4 is 15.4 Å². The van der Waals surface area contributed by atoms with E-state index in [0.29, 0.717) is 12.5 Å². The predicted octanol–water partition coefficient (Wildman–Crippen LogP) is 2.57. The summed E-state index contributed by atoms with van der Waals surface area (Å²) in [6.07, 6.45) is 0. The van der Waals surface area contributed by atoms with Crippen LogP contribution in [0.25, 0.3) is 0 Å². The number of ether oxygens (including phenoxy) is 1. The van der Waals surface area contributed by atoms with Gasteiger partial charge in [0.05, 0.1) is 19.7 Å². The van der Waals surface area contributed by atoms with Crippen LogP contribution in [0.15, 0.2) is 59.6 Å². The van der Waals surface area contributed by atoms with Crippen molar-refractivity contribution in [1.29, 1.82) is 0 Å². The molecular weight excluding hydrogens is 250 g/mol. The fourth-order valence-electron chi connectivity index (χ4n) is 2.50. The Morgan fingerprint density at radius 3 is 2.70 bits per heavy atom. The number of nitrogens with two attached hydrogens (primary N) is 1. The summed E-state index contributed by atoms with van der Waals surface area (Å²) in [4.78, 5) is 6.44. The molecular formula is C16H17N3O. The topological polar surface area (TPSA) is 50.9 Å². The number of hydrogen-bond donors (Lipinski definition) is 1. The lowest BCUT2D eigenvalue weighted by molar-refractivity contribution is 0.415. The summed E-state index contributed by atoms with van der Waals surface area (Å²) in [5.74, 6) is 1.36. The van der Waals surface area contributed by atoms with Crippen molar-refractivity contribution in [2.24, 2.45) is 10.7 Å². The predicted molar refractivity (Wildman–Crippen MR) is 81.1 cm³/mol. The van der Waals surface area contributed by atoms with Gasteiger partial charge in [0.1, 0.15) is 5.75 Å². The average molecular weight is 267 g/mol. The van der Waals surface area contributed by atoms with Crippen molar-refractivity contribution in [3.63, 3.8) is 0 Å². The van der Waals surface area contributed by atoms with E-state index in [2.05, 4.69) is 22.0 Å². The molecule has 0 aliphatic carbocycles. The van der Waals surface area contributed by atoms with Gasteiger partial charge in [-0.25, -0.2) is 0 Å². The fraction of sp³-hybridized carbons (Fsp3) is 0.188. The van der Waals surface area contributed by atoms with Crippen LogP contribution in [-0.4, -0.2) is 19.6 Å². The summed E-state index contributed by atoms with van der Waals surface area (Å²) >= 11 is 0. The van der Waals surface area contributed by atoms with Crippen molar-refractivity contribution < 1.29 is 4.74 Å². The minimum Gasteiger partial charge on any atom is -0.497 e. The van der Waals surface area contributed by atoms with Gasteiger partial charge in [-0.2, -0.15) is 0 Å². The van der Waals surface area contributed by atoms with Gasteiger partial charge < -0.3 is 15.4 Å². The highest BCUT2D eigenvalue weighted by Gasteiger charge is 2.28. The maximum Gasteiger partial charge on any atom is 0.196 e. The van der Waals surface area contributed by atoms with Gasteiger partial charge in [0, 0.05) is 11.8 Å². The Balaban J connectivity index is 1.98. The Morgan fingerprint density at radius 2 is 1.95 bits per heavy atom. The third-order valence-electron chi connectivity index (χ3n) is 3.50. The average Bonchev–Trinajstić information content (AvgIpc) is 2.90. The SMILES string of the molecule is COc1cccc(N2C(N)=NCC2c2ccccc2)c1. The van der Waals surface area contributed by atoms with E-state index in [-0.39, 0.29) is 6.04 Å². The Kier molecular flexibility index (Phi) is 3.29. The Labute approximate surface area is 118 Å². The monoisotopic (exact) mass is 267 g/mol. The molecule has 0 saturated heterocycles. The van der Waals surface area contributed by atoms with E-state index in [9.17, 15) is 0 Å². The van der Waals surface area contributed by atoms with E-state index in [1.807, 2.05) is 42.5 Å². The first-order chi connectivity index (χ1) is 9.79. The molecule has 4 nitrogen and oxygen atoms in total. The molecule has 0 bridgehead atoms. The van der Waals surface area contributed by atoms with Gasteiger partial charge in [0.25, 0.3) is 0 Å². The third-order valence-corrected chi connectivity index (χ3v) is 3.50. The second kappa shape index (κ2) is 5.25. The van der Waals surface area contributed by atoms with E-state index >= 15 is 0 Å². The molecule has 0 spiro atoms. The lowest BCUT2D eigenvalue weighted by Gasteiger charge is -2.27. The molecule has 20 heavy (non-hydrogen) atoms. The van der Waals surface area contributed by atoms with Crippen LogP contribution in [0.3, 0.4) is 0 Å². The fourth-order valence-corrected chi connectivity index (χ4v) is 2.50. The van der Waals surface area contributed by atoms with E-state index in [4.69, 9.17) is 10.5 Å². The van der Waals surface area contributed by atoms with Crippen molar-refractivity contribution in [3.05, 3.63) is 60.2 Å². The first kappa shape index (κ1) is 12.5. The number of nitrogens with zero attached hydrogens (tertiary/aromatic N) is 2. The summed E-state index contributed by atoms with van der Waals surface area (Å²) in [7, 11) is 1.66. The van der Waals surface area contributed by atoms with E-state index in [1.54, 1.807) is 7.11 Å². The highest BCUT2D eigenvalue weighted by atomic mass is 16.5. The van der Waals surface area contributed by atoms with Crippen molar-refractivity contribution in [2.75, 3.05) is 18.6 Å². The molecule has 1 atom stereocenters. The van der Waals surface area contributed by atoms with Gasteiger partial charge in [-0.15, -0.1) is 0 Å². The van der Waals surface area contributed by atoms with Crippen LogP contribution in [0.5, 0.6) is 5.75 Å². The maximum absolute atomic E-state index is 6.07. The number of hydrogen-bond acceptors (Lipinski definition) is 4. The minimum atomic E-state index is 0.142. The van der Waals surface area contributed by atoms with E-state index < -0.39 is 0 Å². The van der Waals surface area contributed by atoms with Gasteiger partial charge in [-0.05, 0) is 17.7 Å². The zero-order chi connectivity index (χ0) is 13.9. The summed E-state index contributed by atoms with van der Waals surface area (Å²) in [5, 5.41) is 0. The smallest absolute Gasteiger partial charge is 0.196 e. The summed E-state index contributed by atoms with van der Waals surface area (Å²) in [6.45, 7) is 0.674. The third kappa shape index (κ3) is 2.20. The standard InChI is InChI=1S/C16H17N3O/c1-20-14-9-5-8-13(10-14)19-15(11-18-16(19)17)12-6-3-2-4-7-12/h2-10,15H,11H2,1H3,(H2,17,18). The van der Waals surface area contributed by atoms with Gasteiger partial charge in [-0.3, -0.25) is 4.99 Å². The lowest BCUT2D eigenvalue weighted by Crippen LogP contribution is -2.36. The Bertz CT molecular complexity index is 625. The van der Waals surface area contributed by atoms with Crippen molar-refractivity contribution >= 4 is 11.6 Å². The summed E-state index contributed by atoms with van der Waals surface area (Å²) in [5.41, 5.74) is 8.27. The zero-order valence-electron chi connectivity index (χ0n) is 11.4. The number of rotatable bonds is 3. The van der Waals surface area contributed by atoms with Crippen LogP contribution in [-0.2, 0) is 0 Å². The van der Waals surface area contributed by atoms with E-state index in [1.165, 1.54) is 5.56 Å². The van der Waals surface area contributed by atoms with Gasteiger partial charge in [0.15, 0.2) is 5.96 Å². The van der Waals surface area contributed by atoms with Gasteiger partial charge >= 0.3 is 0 Å². The zero-order valence-corrected chi connectivity index (χ0v) is 11.4. The molecule has 1 aliphatic heterocycles. The van der Waals surface area contributed by atoms with Gasteiger partial charge in [0.2, 0.25) is 0 Å². The Morgan fingerprint density at radius 1 is 1.15 bits per heavy atom. The molecule has 1 unspecified atom stereocenters. The molecule has 1 aliphatic rings. The molecule has 2 aromatic rings. The lowest BCUT2D eigenvalue weighted by atomic mass is 10.1. The minimum absolute atomic E-state index is 0.142. The normalized spacial score (nSPS) is 17.9. The van der Waals surface area contributed by atoms with Crippen LogP contribution >= 0.6 is 0 Å².